The van der Waals surface area contributed by atoms with Crippen LogP contribution in [0.15, 0.2) is 0 Å². The summed E-state index contributed by atoms with van der Waals surface area (Å²) in [5.74, 6) is -0.0803. The van der Waals surface area contributed by atoms with Crippen LogP contribution in [0.5, 0.6) is 0 Å². The van der Waals surface area contributed by atoms with Crippen LogP contribution in [0.25, 0.3) is 0 Å². The van der Waals surface area contributed by atoms with Gasteiger partial charge in [-0.15, -0.1) is 0 Å². The molecule has 3 fully saturated rings. The molecule has 17 heavy (non-hydrogen) atoms. The van der Waals surface area contributed by atoms with Crippen molar-refractivity contribution in [2.75, 3.05) is 19.6 Å². The van der Waals surface area contributed by atoms with Crippen LogP contribution < -0.4 is 21.8 Å². The number of hydrogen-bond acceptors (Lipinski definition) is 5. The average molecular weight is 388 g/mol. The van der Waals surface area contributed by atoms with Crippen molar-refractivity contribution >= 4 is 28.2 Å². The number of aliphatic hydroxyl groups excluding tert-OH is 1. The summed E-state index contributed by atoms with van der Waals surface area (Å²) in [4.78, 5) is 0. The summed E-state index contributed by atoms with van der Waals surface area (Å²) in [5, 5.41) is 20.6. The SMILES string of the molecule is C[C@@H](O)[C@@H]1[C@H]2SC(=S)C[N+]3(CC3)[I-]N2C1(C)O. The normalized spacial score (nSPS) is 46.5. The first-order chi connectivity index (χ1) is 7.86. The molecule has 3 rings (SSSR count). The van der Waals surface area contributed by atoms with Crippen LogP contribution in [0.2, 0.25) is 0 Å². The molecule has 0 aliphatic carbocycles. The predicted octanol–water partition coefficient (Wildman–Crippen LogP) is -2.84. The molecule has 2 N–H and O–H groups in total. The number of hydrogen-bond donors (Lipinski definition) is 2. The fourth-order valence-electron chi connectivity index (χ4n) is 2.61. The molecule has 4 nitrogen and oxygen atoms in total. The number of halogens is 1. The van der Waals surface area contributed by atoms with Gasteiger partial charge in [0.15, 0.2) is 0 Å². The van der Waals surface area contributed by atoms with Gasteiger partial charge in [0.05, 0.1) is 0 Å². The van der Waals surface area contributed by atoms with E-state index in [2.05, 4.69) is 3.11 Å². The molecule has 0 bridgehead atoms. The molecule has 3 saturated heterocycles. The van der Waals surface area contributed by atoms with Gasteiger partial charge in [0.25, 0.3) is 0 Å². The van der Waals surface area contributed by atoms with Crippen molar-refractivity contribution in [3.8, 4) is 0 Å². The van der Waals surface area contributed by atoms with E-state index >= 15 is 0 Å². The van der Waals surface area contributed by atoms with Gasteiger partial charge in [0.2, 0.25) is 0 Å². The molecule has 1 unspecified atom stereocenters. The molecule has 0 amide bonds. The van der Waals surface area contributed by atoms with Gasteiger partial charge in [-0.1, -0.05) is 0 Å². The number of nitrogens with zero attached hydrogens (tertiary/aromatic N) is 2. The third kappa shape index (κ3) is 1.98. The van der Waals surface area contributed by atoms with Crippen molar-refractivity contribution in [1.82, 2.24) is 3.11 Å². The van der Waals surface area contributed by atoms with E-state index < -0.39 is 11.8 Å². The van der Waals surface area contributed by atoms with Gasteiger partial charge in [0.1, 0.15) is 0 Å². The van der Waals surface area contributed by atoms with Gasteiger partial charge in [0, 0.05) is 0 Å². The average Bonchev–Trinajstić information content (AvgIpc) is 2.94. The van der Waals surface area contributed by atoms with Gasteiger partial charge in [-0.05, 0) is 0 Å². The van der Waals surface area contributed by atoms with Crippen LogP contribution in [0, 0.1) is 5.92 Å². The fourth-order valence-corrected chi connectivity index (χ4v) is 9.20. The zero-order valence-electron chi connectivity index (χ0n) is 9.84. The summed E-state index contributed by atoms with van der Waals surface area (Å²) in [5.41, 5.74) is -0.840. The Morgan fingerprint density at radius 1 is 1.65 bits per heavy atom. The Balaban J connectivity index is 1.87. The monoisotopic (exact) mass is 388 g/mol. The molecule has 98 valence electrons. The second-order valence-electron chi connectivity index (χ2n) is 5.26. The molecule has 0 aromatic heterocycles. The van der Waals surface area contributed by atoms with Crippen molar-refractivity contribution in [3.63, 3.8) is 0 Å². The molecule has 3 aliphatic heterocycles. The predicted molar refractivity (Wildman–Crippen MR) is 66.5 cm³/mol. The molecular formula is C10H17IN2O2S2. The Labute approximate surface area is 122 Å². The standard InChI is InChI=1S/C10H17IN2O2S2/c1-6(14)8-9-12(10(8,2)15)11-13(3-4-13)5-7(16)17-9/h6,8-9,14-15H,3-5H2,1-2H3/t6-,8-,9-,10?/m1/s1. The summed E-state index contributed by atoms with van der Waals surface area (Å²) in [6.45, 7) is 7.03. The van der Waals surface area contributed by atoms with Crippen LogP contribution >= 0.6 is 24.0 Å². The van der Waals surface area contributed by atoms with E-state index in [1.165, 1.54) is 13.1 Å². The minimum absolute atomic E-state index is 0.0803. The molecule has 7 heteroatoms. The maximum atomic E-state index is 10.5. The topological polar surface area (TPSA) is 43.7 Å². The van der Waals surface area contributed by atoms with Crippen molar-refractivity contribution in [3.05, 3.63) is 0 Å². The Morgan fingerprint density at radius 2 is 2.29 bits per heavy atom. The number of thiocarbonyl (C=S) groups is 1. The summed E-state index contributed by atoms with van der Waals surface area (Å²) in [6.07, 6.45) is -0.480. The Morgan fingerprint density at radius 3 is 2.82 bits per heavy atom. The quantitative estimate of drug-likeness (QED) is 0.219. The number of thioether (sulfide) groups is 1. The third-order valence-corrected chi connectivity index (χ3v) is 9.93. The van der Waals surface area contributed by atoms with E-state index in [9.17, 15) is 10.2 Å². The molecule has 0 aromatic rings. The summed E-state index contributed by atoms with van der Waals surface area (Å²) >= 11 is 6.89. The van der Waals surface area contributed by atoms with Gasteiger partial charge in [-0.25, -0.2) is 0 Å². The second-order valence-corrected chi connectivity index (χ2v) is 10.7. The van der Waals surface area contributed by atoms with Crippen molar-refractivity contribution < 1.29 is 34.7 Å². The van der Waals surface area contributed by atoms with Crippen molar-refractivity contribution in [2.24, 2.45) is 5.92 Å². The van der Waals surface area contributed by atoms with Crippen LogP contribution in [-0.4, -0.2) is 57.1 Å². The maximum absolute atomic E-state index is 10.5. The Kier molecular flexibility index (Phi) is 3.06. The zero-order valence-corrected chi connectivity index (χ0v) is 13.6. The van der Waals surface area contributed by atoms with Crippen LogP contribution in [-0.2, 0) is 0 Å². The minimum atomic E-state index is -0.840. The van der Waals surface area contributed by atoms with Gasteiger partial charge >= 0.3 is 123 Å². The summed E-state index contributed by atoms with van der Waals surface area (Å²) in [7, 11) is 0. The number of quaternary nitrogens is 1. The van der Waals surface area contributed by atoms with E-state index in [0.29, 0.717) is 0 Å². The van der Waals surface area contributed by atoms with Crippen molar-refractivity contribution in [1.29, 1.82) is 0 Å². The molecule has 3 aliphatic rings. The molecule has 1 spiro atoms. The Hall–Kier alpha value is 1.01. The van der Waals surface area contributed by atoms with E-state index in [1.807, 2.05) is 6.92 Å². The first-order valence-electron chi connectivity index (χ1n) is 5.78. The van der Waals surface area contributed by atoms with E-state index in [-0.39, 0.29) is 33.0 Å². The van der Waals surface area contributed by atoms with Gasteiger partial charge in [-0.3, -0.25) is 0 Å². The molecule has 0 radical (unpaired) electrons. The molecule has 0 saturated carbocycles. The zero-order chi connectivity index (χ0) is 12.4. The summed E-state index contributed by atoms with van der Waals surface area (Å²) < 4.78 is 4.39. The molecule has 3 heterocycles. The number of fused-ring (bicyclic) bond motifs is 1. The van der Waals surface area contributed by atoms with Gasteiger partial charge in [-0.2, -0.15) is 0 Å². The van der Waals surface area contributed by atoms with Crippen molar-refractivity contribution in [2.45, 2.75) is 31.1 Å². The second kappa shape index (κ2) is 4.00. The van der Waals surface area contributed by atoms with E-state index in [1.54, 1.807) is 18.7 Å². The molecular weight excluding hydrogens is 371 g/mol. The van der Waals surface area contributed by atoms with Gasteiger partial charge < -0.3 is 0 Å². The van der Waals surface area contributed by atoms with Crippen LogP contribution in [0.1, 0.15) is 13.8 Å². The van der Waals surface area contributed by atoms with E-state index in [0.717, 1.165) is 13.4 Å². The number of rotatable bonds is 1. The first-order valence-corrected chi connectivity index (χ1v) is 9.00. The fraction of sp³-hybridized carbons (Fsp3) is 0.900. The first kappa shape index (κ1) is 13.0. The van der Waals surface area contributed by atoms with E-state index in [4.69, 9.17) is 12.2 Å². The third-order valence-electron chi connectivity index (χ3n) is 3.73. The molecule has 0 aromatic carbocycles. The number of aliphatic hydroxyl groups is 2. The molecule has 4 atom stereocenters. The van der Waals surface area contributed by atoms with Crippen LogP contribution in [0.4, 0.5) is 0 Å². The summed E-state index contributed by atoms with van der Waals surface area (Å²) in [6, 6.07) is 0. The Bertz CT molecular complexity index is 373. The van der Waals surface area contributed by atoms with Crippen LogP contribution in [0.3, 0.4) is 0 Å².